The molecule has 0 radical (unpaired) electrons. The van der Waals surface area contributed by atoms with E-state index in [4.69, 9.17) is 21.1 Å². The molecule has 6 nitrogen and oxygen atoms in total. The molecular formula is C28H23ClN2O4. The molecule has 176 valence electrons. The molecule has 0 heterocycles. The Labute approximate surface area is 208 Å². The Morgan fingerprint density at radius 2 is 1.51 bits per heavy atom. The number of anilines is 2. The van der Waals surface area contributed by atoms with Gasteiger partial charge in [0.25, 0.3) is 0 Å². The van der Waals surface area contributed by atoms with Crippen molar-refractivity contribution in [3.05, 3.63) is 119 Å². The van der Waals surface area contributed by atoms with Crippen molar-refractivity contribution in [2.75, 3.05) is 19.1 Å². The van der Waals surface area contributed by atoms with Crippen molar-refractivity contribution in [2.45, 2.75) is 0 Å². The van der Waals surface area contributed by atoms with Crippen LogP contribution in [-0.2, 0) is 4.74 Å². The summed E-state index contributed by atoms with van der Waals surface area (Å²) in [4.78, 5) is 14.4. The van der Waals surface area contributed by atoms with E-state index in [2.05, 4.69) is 5.16 Å². The van der Waals surface area contributed by atoms with Crippen LogP contribution in [0.5, 0.6) is 11.5 Å². The Balaban J connectivity index is 1.79. The number of hydrogen-bond acceptors (Lipinski definition) is 6. The van der Waals surface area contributed by atoms with Crippen LogP contribution < -0.4 is 9.64 Å². The van der Waals surface area contributed by atoms with E-state index in [0.29, 0.717) is 27.6 Å². The van der Waals surface area contributed by atoms with E-state index in [-0.39, 0.29) is 11.3 Å². The standard InChI is InChI=1S/C28H23ClN2O4/c1-31(22-14-12-21(29)13-15-22)26-11-7-6-10-25(26)27(30-33)19-16-20(28(32)34-2)18-24(17-19)35-23-8-4-3-5-9-23/h3-18,33H,1-2H3. The summed E-state index contributed by atoms with van der Waals surface area (Å²) in [5.41, 5.74) is 3.36. The van der Waals surface area contributed by atoms with Gasteiger partial charge in [-0.2, -0.15) is 0 Å². The molecule has 4 rings (SSSR count). The van der Waals surface area contributed by atoms with Crippen molar-refractivity contribution >= 4 is 34.7 Å². The minimum absolute atomic E-state index is 0.264. The lowest BCUT2D eigenvalue weighted by Gasteiger charge is -2.23. The van der Waals surface area contributed by atoms with Gasteiger partial charge in [-0.3, -0.25) is 0 Å². The number of carbonyl (C=O) groups is 1. The maximum Gasteiger partial charge on any atom is 0.338 e. The lowest BCUT2D eigenvalue weighted by Crippen LogP contribution is -2.15. The molecule has 7 heteroatoms. The van der Waals surface area contributed by atoms with Crippen LogP contribution in [0.4, 0.5) is 11.4 Å². The van der Waals surface area contributed by atoms with Gasteiger partial charge in [0, 0.05) is 28.9 Å². The van der Waals surface area contributed by atoms with Crippen molar-refractivity contribution < 1.29 is 19.5 Å². The van der Waals surface area contributed by atoms with Crippen molar-refractivity contribution in [1.29, 1.82) is 0 Å². The summed E-state index contributed by atoms with van der Waals surface area (Å²) < 4.78 is 10.9. The van der Waals surface area contributed by atoms with Crippen LogP contribution in [0.25, 0.3) is 0 Å². The Morgan fingerprint density at radius 1 is 0.857 bits per heavy atom. The first-order valence-corrected chi connectivity index (χ1v) is 11.2. The second-order valence-electron chi connectivity index (χ2n) is 7.65. The summed E-state index contributed by atoms with van der Waals surface area (Å²) in [6, 6.07) is 29.0. The van der Waals surface area contributed by atoms with Gasteiger partial charge in [0.1, 0.15) is 17.2 Å². The Hall–Kier alpha value is -4.29. The second-order valence-corrected chi connectivity index (χ2v) is 8.09. The van der Waals surface area contributed by atoms with Crippen LogP contribution in [0.2, 0.25) is 5.02 Å². The lowest BCUT2D eigenvalue weighted by atomic mass is 9.98. The Bertz CT molecular complexity index is 1360. The third kappa shape index (κ3) is 5.45. The summed E-state index contributed by atoms with van der Waals surface area (Å²) in [7, 11) is 3.22. The van der Waals surface area contributed by atoms with Crippen LogP contribution >= 0.6 is 11.6 Å². The number of para-hydroxylation sites is 2. The number of methoxy groups -OCH3 is 1. The number of rotatable bonds is 7. The van der Waals surface area contributed by atoms with E-state index in [1.165, 1.54) is 7.11 Å². The van der Waals surface area contributed by atoms with Crippen LogP contribution in [0.15, 0.2) is 102 Å². The maximum atomic E-state index is 12.4. The van der Waals surface area contributed by atoms with Crippen LogP contribution in [0, 0.1) is 0 Å². The quantitative estimate of drug-likeness (QED) is 0.133. The number of ether oxygens (including phenoxy) is 2. The van der Waals surface area contributed by atoms with Crippen molar-refractivity contribution in [3.8, 4) is 11.5 Å². The number of halogens is 1. The number of carbonyl (C=O) groups excluding carboxylic acids is 1. The van der Waals surface area contributed by atoms with Gasteiger partial charge in [0.05, 0.1) is 18.4 Å². The highest BCUT2D eigenvalue weighted by molar-refractivity contribution is 6.30. The van der Waals surface area contributed by atoms with Crippen LogP contribution in [0.1, 0.15) is 21.5 Å². The number of esters is 1. The zero-order chi connectivity index (χ0) is 24.8. The maximum absolute atomic E-state index is 12.4. The molecule has 0 atom stereocenters. The first-order valence-electron chi connectivity index (χ1n) is 10.8. The second kappa shape index (κ2) is 10.8. The fraction of sp³-hybridized carbons (Fsp3) is 0.0714. The molecule has 0 aliphatic rings. The molecule has 35 heavy (non-hydrogen) atoms. The Kier molecular flexibility index (Phi) is 7.33. The topological polar surface area (TPSA) is 71.4 Å². The third-order valence-electron chi connectivity index (χ3n) is 5.41. The predicted molar refractivity (Wildman–Crippen MR) is 138 cm³/mol. The van der Waals surface area contributed by atoms with E-state index in [1.54, 1.807) is 18.2 Å². The third-order valence-corrected chi connectivity index (χ3v) is 5.67. The highest BCUT2D eigenvalue weighted by Gasteiger charge is 2.19. The monoisotopic (exact) mass is 486 g/mol. The highest BCUT2D eigenvalue weighted by atomic mass is 35.5. The number of benzene rings is 4. The van der Waals surface area contributed by atoms with E-state index >= 15 is 0 Å². The lowest BCUT2D eigenvalue weighted by molar-refractivity contribution is 0.0600. The average molecular weight is 487 g/mol. The molecule has 0 spiro atoms. The van der Waals surface area contributed by atoms with E-state index in [0.717, 1.165) is 11.4 Å². The molecule has 0 saturated carbocycles. The van der Waals surface area contributed by atoms with Gasteiger partial charge < -0.3 is 19.6 Å². The molecular weight excluding hydrogens is 464 g/mol. The zero-order valence-electron chi connectivity index (χ0n) is 19.2. The van der Waals surface area contributed by atoms with Gasteiger partial charge in [-0.15, -0.1) is 0 Å². The molecule has 0 amide bonds. The summed E-state index contributed by atoms with van der Waals surface area (Å²) >= 11 is 6.05. The summed E-state index contributed by atoms with van der Waals surface area (Å²) in [6.45, 7) is 0. The first kappa shape index (κ1) is 23.9. The molecule has 4 aromatic rings. The first-order chi connectivity index (χ1) is 17.0. The molecule has 4 aromatic carbocycles. The van der Waals surface area contributed by atoms with Gasteiger partial charge in [-0.1, -0.05) is 53.2 Å². The average Bonchev–Trinajstić information content (AvgIpc) is 2.89. The molecule has 0 fully saturated rings. The molecule has 1 N–H and O–H groups in total. The smallest absolute Gasteiger partial charge is 0.338 e. The SMILES string of the molecule is COC(=O)c1cc(Oc2ccccc2)cc(C(=NO)c2ccccc2N(C)c2ccc(Cl)cc2)c1. The molecule has 0 bridgehead atoms. The summed E-state index contributed by atoms with van der Waals surface area (Å²) in [5, 5.41) is 14.4. The zero-order valence-corrected chi connectivity index (χ0v) is 19.9. The highest BCUT2D eigenvalue weighted by Crippen LogP contribution is 2.32. The van der Waals surface area contributed by atoms with Gasteiger partial charge in [-0.05, 0) is 60.7 Å². The number of oxime groups is 1. The number of nitrogens with zero attached hydrogens (tertiary/aromatic N) is 2. The van der Waals surface area contributed by atoms with Crippen molar-refractivity contribution in [3.63, 3.8) is 0 Å². The van der Waals surface area contributed by atoms with Gasteiger partial charge in [0.2, 0.25) is 0 Å². The molecule has 0 aliphatic heterocycles. The molecule has 0 unspecified atom stereocenters. The van der Waals surface area contributed by atoms with Crippen LogP contribution in [0.3, 0.4) is 0 Å². The minimum Gasteiger partial charge on any atom is -0.465 e. The number of hydrogen-bond donors (Lipinski definition) is 1. The largest absolute Gasteiger partial charge is 0.465 e. The van der Waals surface area contributed by atoms with E-state index in [1.807, 2.05) is 90.8 Å². The van der Waals surface area contributed by atoms with Crippen molar-refractivity contribution in [1.82, 2.24) is 0 Å². The Morgan fingerprint density at radius 3 is 2.20 bits per heavy atom. The molecule has 0 aliphatic carbocycles. The summed E-state index contributed by atoms with van der Waals surface area (Å²) in [6.07, 6.45) is 0. The van der Waals surface area contributed by atoms with Gasteiger partial charge in [-0.25, -0.2) is 4.79 Å². The fourth-order valence-electron chi connectivity index (χ4n) is 3.69. The normalized spacial score (nSPS) is 11.1. The minimum atomic E-state index is -0.534. The van der Waals surface area contributed by atoms with Gasteiger partial charge in [0.15, 0.2) is 0 Å². The fourth-order valence-corrected chi connectivity index (χ4v) is 3.82. The van der Waals surface area contributed by atoms with E-state index in [9.17, 15) is 10.0 Å². The van der Waals surface area contributed by atoms with Gasteiger partial charge >= 0.3 is 5.97 Å². The molecule has 0 saturated heterocycles. The van der Waals surface area contributed by atoms with Crippen molar-refractivity contribution in [2.24, 2.45) is 5.16 Å². The predicted octanol–water partition coefficient (Wildman–Crippen LogP) is 6.91. The van der Waals surface area contributed by atoms with Crippen LogP contribution in [-0.4, -0.2) is 31.0 Å². The van der Waals surface area contributed by atoms with E-state index < -0.39 is 5.97 Å². The molecule has 0 aromatic heterocycles. The summed E-state index contributed by atoms with van der Waals surface area (Å²) in [5.74, 6) is 0.471.